The first-order valence-electron chi connectivity index (χ1n) is 11.6. The number of hydrogen-bond acceptors (Lipinski definition) is 5. The number of carbonyl (C=O) groups is 3. The van der Waals surface area contributed by atoms with Crippen LogP contribution in [0.1, 0.15) is 18.1 Å². The second-order valence-electron chi connectivity index (χ2n) is 8.85. The fourth-order valence-corrected chi connectivity index (χ4v) is 4.21. The number of benzene rings is 2. The van der Waals surface area contributed by atoms with Crippen molar-refractivity contribution in [3.63, 3.8) is 0 Å². The van der Waals surface area contributed by atoms with Gasteiger partial charge in [-0.1, -0.05) is 36.4 Å². The van der Waals surface area contributed by atoms with Crippen LogP contribution in [0.3, 0.4) is 0 Å². The maximum atomic E-state index is 13.3. The number of nitrogens with two attached hydrogens (primary N) is 1. The number of amides is 2. The number of aliphatic carboxylic acids is 1. The monoisotopic (exact) mass is 491 g/mol. The molecule has 2 aromatic carbocycles. The molecule has 0 aliphatic heterocycles. The maximum absolute atomic E-state index is 13.3. The lowest BCUT2D eigenvalue weighted by molar-refractivity contribution is -0.142. The number of H-pyrrole nitrogens is 2. The molecular weight excluding hydrogens is 462 g/mol. The number of carbonyl (C=O) groups excluding carboxylic acids is 2. The largest absolute Gasteiger partial charge is 0.480 e. The van der Waals surface area contributed by atoms with E-state index < -0.39 is 42.0 Å². The Labute approximate surface area is 206 Å². The molecule has 10 heteroatoms. The van der Waals surface area contributed by atoms with Gasteiger partial charge >= 0.3 is 5.97 Å². The first-order valence-corrected chi connectivity index (χ1v) is 11.6. The Bertz CT molecular complexity index is 1390. The minimum atomic E-state index is -1.25. The van der Waals surface area contributed by atoms with E-state index in [1.54, 1.807) is 12.4 Å². The van der Waals surface area contributed by atoms with Crippen molar-refractivity contribution in [3.05, 3.63) is 72.1 Å². The quantitative estimate of drug-likeness (QED) is 0.175. The van der Waals surface area contributed by atoms with Gasteiger partial charge < -0.3 is 36.5 Å². The predicted molar refractivity (Wildman–Crippen MR) is 135 cm³/mol. The van der Waals surface area contributed by atoms with E-state index in [1.165, 1.54) is 6.92 Å². The van der Waals surface area contributed by atoms with Crippen molar-refractivity contribution in [1.82, 2.24) is 20.6 Å². The molecule has 0 bridgehead atoms. The van der Waals surface area contributed by atoms with Gasteiger partial charge in [0.15, 0.2) is 0 Å². The number of carboxylic acids is 1. The summed E-state index contributed by atoms with van der Waals surface area (Å²) in [5.41, 5.74) is 9.00. The van der Waals surface area contributed by atoms with E-state index in [1.807, 2.05) is 48.5 Å². The van der Waals surface area contributed by atoms with Gasteiger partial charge in [-0.25, -0.2) is 4.79 Å². The van der Waals surface area contributed by atoms with Gasteiger partial charge in [0.05, 0.1) is 6.10 Å². The average molecular weight is 492 g/mol. The third-order valence-electron chi connectivity index (χ3n) is 6.27. The van der Waals surface area contributed by atoms with E-state index in [9.17, 15) is 24.6 Å². The molecule has 10 nitrogen and oxygen atoms in total. The van der Waals surface area contributed by atoms with E-state index in [0.717, 1.165) is 32.9 Å². The molecule has 0 unspecified atom stereocenters. The fraction of sp³-hybridized carbons (Fsp3) is 0.269. The number of nitrogens with one attached hydrogen (secondary N) is 4. The lowest BCUT2D eigenvalue weighted by Crippen LogP contribution is -2.57. The number of aliphatic hydroxyl groups excluding tert-OH is 1. The number of aromatic amines is 2. The molecule has 0 fully saturated rings. The summed E-state index contributed by atoms with van der Waals surface area (Å²) in [6.45, 7) is 1.38. The number of aliphatic hydroxyl groups is 1. The van der Waals surface area contributed by atoms with Gasteiger partial charge in [-0.3, -0.25) is 9.59 Å². The Morgan fingerprint density at radius 2 is 1.31 bits per heavy atom. The van der Waals surface area contributed by atoms with Crippen LogP contribution in [-0.4, -0.2) is 62.2 Å². The maximum Gasteiger partial charge on any atom is 0.326 e. The number of rotatable bonds is 10. The van der Waals surface area contributed by atoms with Crippen molar-refractivity contribution in [2.24, 2.45) is 5.73 Å². The fourth-order valence-electron chi connectivity index (χ4n) is 4.21. The Balaban J connectivity index is 1.57. The smallest absolute Gasteiger partial charge is 0.326 e. The van der Waals surface area contributed by atoms with Crippen LogP contribution in [0.2, 0.25) is 0 Å². The molecule has 4 aromatic rings. The van der Waals surface area contributed by atoms with E-state index in [-0.39, 0.29) is 12.8 Å². The Morgan fingerprint density at radius 1 is 0.833 bits per heavy atom. The first-order chi connectivity index (χ1) is 17.2. The molecule has 0 radical (unpaired) electrons. The molecule has 0 aliphatic carbocycles. The molecule has 2 heterocycles. The number of aromatic nitrogens is 2. The van der Waals surface area contributed by atoms with Crippen molar-refractivity contribution >= 4 is 39.6 Å². The highest BCUT2D eigenvalue weighted by Gasteiger charge is 2.30. The SMILES string of the molecule is C[C@@H](O)[C@H](N)C(=O)N[C@@H](Cc1c[nH]c2ccccc12)C(=O)N[C@@H](Cc1c[nH]c2ccccc12)C(=O)O. The Hall–Kier alpha value is -4.15. The van der Waals surface area contributed by atoms with Gasteiger partial charge in [0.1, 0.15) is 18.1 Å². The van der Waals surface area contributed by atoms with Crippen LogP contribution in [0.25, 0.3) is 21.8 Å². The molecule has 4 rings (SSSR count). The first kappa shape index (κ1) is 25.0. The normalized spacial score (nSPS) is 14.8. The topological polar surface area (TPSA) is 173 Å². The summed E-state index contributed by atoms with van der Waals surface area (Å²) in [5, 5.41) is 26.5. The number of carboxylic acid groups (broad SMARTS) is 1. The van der Waals surface area contributed by atoms with E-state index in [0.29, 0.717) is 0 Å². The minimum Gasteiger partial charge on any atom is -0.480 e. The zero-order valence-corrected chi connectivity index (χ0v) is 19.7. The second kappa shape index (κ2) is 10.6. The predicted octanol–water partition coefficient (Wildman–Crippen LogP) is 1.20. The average Bonchev–Trinajstić information content (AvgIpc) is 3.46. The highest BCUT2D eigenvalue weighted by atomic mass is 16.4. The zero-order chi connectivity index (χ0) is 25.8. The lowest BCUT2D eigenvalue weighted by Gasteiger charge is -2.23. The van der Waals surface area contributed by atoms with E-state index in [4.69, 9.17) is 5.73 Å². The van der Waals surface area contributed by atoms with Crippen LogP contribution in [0.5, 0.6) is 0 Å². The summed E-state index contributed by atoms with van der Waals surface area (Å²) < 4.78 is 0. The number of hydrogen-bond donors (Lipinski definition) is 7. The van der Waals surface area contributed by atoms with Crippen LogP contribution in [0.4, 0.5) is 0 Å². The molecular formula is C26H29N5O5. The van der Waals surface area contributed by atoms with Crippen LogP contribution < -0.4 is 16.4 Å². The molecule has 2 amide bonds. The molecule has 0 saturated heterocycles. The van der Waals surface area contributed by atoms with E-state index in [2.05, 4.69) is 20.6 Å². The minimum absolute atomic E-state index is 0.0476. The van der Waals surface area contributed by atoms with Gasteiger partial charge in [0.25, 0.3) is 0 Å². The molecule has 36 heavy (non-hydrogen) atoms. The third-order valence-corrected chi connectivity index (χ3v) is 6.27. The Morgan fingerprint density at radius 3 is 1.81 bits per heavy atom. The highest BCUT2D eigenvalue weighted by molar-refractivity contribution is 5.93. The summed E-state index contributed by atoms with van der Waals surface area (Å²) in [5.74, 6) is -2.58. The van der Waals surface area contributed by atoms with Crippen molar-refractivity contribution in [3.8, 4) is 0 Å². The van der Waals surface area contributed by atoms with Gasteiger partial charge in [0, 0.05) is 47.0 Å². The van der Waals surface area contributed by atoms with Crippen LogP contribution in [0.15, 0.2) is 60.9 Å². The van der Waals surface area contributed by atoms with Crippen LogP contribution in [-0.2, 0) is 27.2 Å². The summed E-state index contributed by atoms with van der Waals surface area (Å²) in [6.07, 6.45) is 2.47. The van der Waals surface area contributed by atoms with Gasteiger partial charge in [-0.2, -0.15) is 0 Å². The molecule has 2 aromatic heterocycles. The molecule has 8 N–H and O–H groups in total. The van der Waals surface area contributed by atoms with Crippen molar-refractivity contribution in [1.29, 1.82) is 0 Å². The second-order valence-corrected chi connectivity index (χ2v) is 8.85. The molecule has 4 atom stereocenters. The highest BCUT2D eigenvalue weighted by Crippen LogP contribution is 2.21. The lowest BCUT2D eigenvalue weighted by atomic mass is 10.0. The number of fused-ring (bicyclic) bond motifs is 2. The Kier molecular flexibility index (Phi) is 7.37. The van der Waals surface area contributed by atoms with Crippen molar-refractivity contribution in [2.75, 3.05) is 0 Å². The molecule has 0 aliphatic rings. The van der Waals surface area contributed by atoms with Gasteiger partial charge in [-0.15, -0.1) is 0 Å². The van der Waals surface area contributed by atoms with Gasteiger partial charge in [-0.05, 0) is 30.2 Å². The summed E-state index contributed by atoms with van der Waals surface area (Å²) in [4.78, 5) is 44.2. The third kappa shape index (κ3) is 5.40. The van der Waals surface area contributed by atoms with Gasteiger partial charge in [0.2, 0.25) is 11.8 Å². The molecule has 0 spiro atoms. The summed E-state index contributed by atoms with van der Waals surface area (Å²) in [6, 6.07) is 11.4. The molecule has 188 valence electrons. The molecule has 0 saturated carbocycles. The summed E-state index contributed by atoms with van der Waals surface area (Å²) >= 11 is 0. The van der Waals surface area contributed by atoms with E-state index >= 15 is 0 Å². The zero-order valence-electron chi connectivity index (χ0n) is 19.7. The van der Waals surface area contributed by atoms with Crippen LogP contribution >= 0.6 is 0 Å². The van der Waals surface area contributed by atoms with Crippen LogP contribution in [0, 0.1) is 0 Å². The standard InChI is InChI=1S/C26H29N5O5/c1-14(32)23(27)25(34)30-21(10-15-12-28-19-8-4-2-6-17(15)19)24(33)31-22(26(35)36)11-16-13-29-20-9-5-3-7-18(16)20/h2-9,12-14,21-23,28-29,32H,10-11,27H2,1H3,(H,30,34)(H,31,33)(H,35,36)/t14-,21+,22+,23+/m1/s1. The van der Waals surface area contributed by atoms with Crippen molar-refractivity contribution < 1.29 is 24.6 Å². The summed E-state index contributed by atoms with van der Waals surface area (Å²) in [7, 11) is 0. The van der Waals surface area contributed by atoms with Crippen molar-refractivity contribution in [2.45, 2.75) is 44.0 Å². The number of para-hydroxylation sites is 2.